The lowest BCUT2D eigenvalue weighted by Gasteiger charge is -2.14. The Hall–Kier alpha value is -2.54. The van der Waals surface area contributed by atoms with Gasteiger partial charge < -0.3 is 14.8 Å². The van der Waals surface area contributed by atoms with Crippen molar-refractivity contribution in [2.45, 2.75) is 24.0 Å². The van der Waals surface area contributed by atoms with E-state index < -0.39 is 21.0 Å². The molecule has 0 saturated heterocycles. The molecule has 0 radical (unpaired) electrons. The molecule has 26 heavy (non-hydrogen) atoms. The molecule has 2 rings (SSSR count). The van der Waals surface area contributed by atoms with E-state index in [1.165, 1.54) is 26.2 Å². The topological polar surface area (TPSA) is 81.7 Å². The maximum Gasteiger partial charge on any atom is 0.238 e. The van der Waals surface area contributed by atoms with Gasteiger partial charge >= 0.3 is 0 Å². The number of ether oxygens (including phenoxy) is 2. The third-order valence-corrected chi connectivity index (χ3v) is 5.96. The van der Waals surface area contributed by atoms with E-state index in [1.807, 2.05) is 31.2 Å². The van der Waals surface area contributed by atoms with E-state index in [0.29, 0.717) is 11.5 Å². The SMILES string of the molecule is COc1ccc(S(=O)(=O)C(C)C(=O)NCCOc2cccc(C)c2)cc1. The fraction of sp³-hybridized carbons (Fsp3) is 0.316. The molecule has 1 atom stereocenters. The summed E-state index contributed by atoms with van der Waals surface area (Å²) in [6, 6.07) is 13.5. The maximum atomic E-state index is 12.5. The van der Waals surface area contributed by atoms with Crippen molar-refractivity contribution in [2.24, 2.45) is 0 Å². The lowest BCUT2D eigenvalue weighted by Crippen LogP contribution is -2.39. The number of nitrogens with one attached hydrogen (secondary N) is 1. The summed E-state index contributed by atoms with van der Waals surface area (Å²) >= 11 is 0. The first-order valence-corrected chi connectivity index (χ1v) is 9.74. The van der Waals surface area contributed by atoms with E-state index in [4.69, 9.17) is 9.47 Å². The molecule has 0 heterocycles. The van der Waals surface area contributed by atoms with E-state index in [-0.39, 0.29) is 18.0 Å². The zero-order chi connectivity index (χ0) is 19.2. The van der Waals surface area contributed by atoms with Gasteiger partial charge in [0.15, 0.2) is 9.84 Å². The summed E-state index contributed by atoms with van der Waals surface area (Å²) in [5.41, 5.74) is 1.07. The summed E-state index contributed by atoms with van der Waals surface area (Å²) in [5, 5.41) is 1.40. The first-order valence-electron chi connectivity index (χ1n) is 8.19. The highest BCUT2D eigenvalue weighted by atomic mass is 32.2. The number of benzene rings is 2. The van der Waals surface area contributed by atoms with Crippen LogP contribution < -0.4 is 14.8 Å². The molecule has 7 heteroatoms. The van der Waals surface area contributed by atoms with Gasteiger partial charge in [-0.15, -0.1) is 0 Å². The van der Waals surface area contributed by atoms with Crippen LogP contribution in [0, 0.1) is 6.92 Å². The van der Waals surface area contributed by atoms with Crippen molar-refractivity contribution in [3.05, 3.63) is 54.1 Å². The second-order valence-corrected chi connectivity index (χ2v) is 8.09. The number of amides is 1. The molecule has 0 aliphatic heterocycles. The summed E-state index contributed by atoms with van der Waals surface area (Å²) in [6.45, 7) is 3.80. The molecule has 1 unspecified atom stereocenters. The lowest BCUT2D eigenvalue weighted by molar-refractivity contribution is -0.120. The number of methoxy groups -OCH3 is 1. The fourth-order valence-corrected chi connectivity index (χ4v) is 3.59. The quantitative estimate of drug-likeness (QED) is 0.714. The van der Waals surface area contributed by atoms with Crippen LogP contribution in [-0.2, 0) is 14.6 Å². The Morgan fingerprint density at radius 3 is 2.42 bits per heavy atom. The Bertz CT molecular complexity index is 846. The first kappa shape index (κ1) is 19.8. The summed E-state index contributed by atoms with van der Waals surface area (Å²) in [7, 11) is -2.27. The standard InChI is InChI=1S/C19H23NO5S/c1-14-5-4-6-17(13-14)25-12-11-20-19(21)15(2)26(22,23)18-9-7-16(24-3)8-10-18/h4-10,13,15H,11-12H2,1-3H3,(H,20,21). The summed E-state index contributed by atoms with van der Waals surface area (Å²) < 4.78 is 35.6. The monoisotopic (exact) mass is 377 g/mol. The molecule has 1 amide bonds. The molecular weight excluding hydrogens is 354 g/mol. The Balaban J connectivity index is 1.89. The van der Waals surface area contributed by atoms with Crippen molar-refractivity contribution in [1.82, 2.24) is 5.32 Å². The van der Waals surface area contributed by atoms with Crippen LogP contribution in [0.1, 0.15) is 12.5 Å². The van der Waals surface area contributed by atoms with Crippen molar-refractivity contribution in [3.63, 3.8) is 0 Å². The maximum absolute atomic E-state index is 12.5. The molecule has 0 bridgehead atoms. The molecule has 2 aromatic carbocycles. The molecule has 0 spiro atoms. The lowest BCUT2D eigenvalue weighted by atomic mass is 10.2. The first-order chi connectivity index (χ1) is 12.3. The van der Waals surface area contributed by atoms with Gasteiger partial charge in [0, 0.05) is 0 Å². The highest BCUT2D eigenvalue weighted by molar-refractivity contribution is 7.92. The van der Waals surface area contributed by atoms with E-state index in [9.17, 15) is 13.2 Å². The molecule has 0 aliphatic carbocycles. The van der Waals surface area contributed by atoms with E-state index in [0.717, 1.165) is 5.56 Å². The van der Waals surface area contributed by atoms with E-state index in [1.54, 1.807) is 12.1 Å². The molecule has 1 N–H and O–H groups in total. The minimum absolute atomic E-state index is 0.0805. The predicted octanol–water partition coefficient (Wildman–Crippen LogP) is 2.36. The van der Waals surface area contributed by atoms with Crippen LogP contribution in [0.15, 0.2) is 53.4 Å². The third-order valence-electron chi connectivity index (χ3n) is 3.88. The van der Waals surface area contributed by atoms with Crippen molar-refractivity contribution >= 4 is 15.7 Å². The smallest absolute Gasteiger partial charge is 0.238 e. The second-order valence-electron chi connectivity index (χ2n) is 5.82. The van der Waals surface area contributed by atoms with Crippen LogP contribution in [0.25, 0.3) is 0 Å². The highest BCUT2D eigenvalue weighted by Crippen LogP contribution is 2.20. The molecule has 0 aromatic heterocycles. The van der Waals surface area contributed by atoms with Gasteiger partial charge in [-0.1, -0.05) is 12.1 Å². The predicted molar refractivity (Wildman–Crippen MR) is 99.3 cm³/mol. The number of carbonyl (C=O) groups is 1. The molecular formula is C19H23NO5S. The summed E-state index contributed by atoms with van der Waals surface area (Å²) in [5.74, 6) is 0.696. The van der Waals surface area contributed by atoms with Gasteiger partial charge in [0.1, 0.15) is 23.4 Å². The molecule has 140 valence electrons. The largest absolute Gasteiger partial charge is 0.497 e. The van der Waals surface area contributed by atoms with E-state index >= 15 is 0 Å². The van der Waals surface area contributed by atoms with Crippen molar-refractivity contribution in [1.29, 1.82) is 0 Å². The Morgan fingerprint density at radius 2 is 1.81 bits per heavy atom. The van der Waals surface area contributed by atoms with Gasteiger partial charge in [0.25, 0.3) is 0 Å². The average Bonchev–Trinajstić information content (AvgIpc) is 2.64. The van der Waals surface area contributed by atoms with Crippen LogP contribution in [0.2, 0.25) is 0 Å². The summed E-state index contributed by atoms with van der Waals surface area (Å²) in [4.78, 5) is 12.3. The van der Waals surface area contributed by atoms with Crippen LogP contribution in [0.4, 0.5) is 0 Å². The minimum Gasteiger partial charge on any atom is -0.497 e. The second kappa shape index (κ2) is 8.71. The third kappa shape index (κ3) is 4.98. The number of sulfone groups is 1. The Morgan fingerprint density at radius 1 is 1.12 bits per heavy atom. The molecule has 0 aliphatic rings. The Kier molecular flexibility index (Phi) is 6.63. The normalized spacial score (nSPS) is 12.3. The molecule has 2 aromatic rings. The Labute approximate surface area is 154 Å². The van der Waals surface area contributed by atoms with Gasteiger partial charge in [-0.3, -0.25) is 4.79 Å². The number of carbonyl (C=O) groups excluding carboxylic acids is 1. The number of hydrogen-bond donors (Lipinski definition) is 1. The van der Waals surface area contributed by atoms with Crippen molar-refractivity contribution in [2.75, 3.05) is 20.3 Å². The van der Waals surface area contributed by atoms with Gasteiger partial charge in [-0.2, -0.15) is 0 Å². The fourth-order valence-electron chi connectivity index (χ4n) is 2.30. The highest BCUT2D eigenvalue weighted by Gasteiger charge is 2.29. The zero-order valence-corrected chi connectivity index (χ0v) is 15.9. The van der Waals surface area contributed by atoms with Gasteiger partial charge in [-0.05, 0) is 55.8 Å². The molecule has 0 saturated carbocycles. The van der Waals surface area contributed by atoms with Crippen LogP contribution >= 0.6 is 0 Å². The number of aryl methyl sites for hydroxylation is 1. The van der Waals surface area contributed by atoms with Gasteiger partial charge in [0.2, 0.25) is 5.91 Å². The van der Waals surface area contributed by atoms with E-state index in [2.05, 4.69) is 5.32 Å². The van der Waals surface area contributed by atoms with Gasteiger partial charge in [-0.25, -0.2) is 8.42 Å². The van der Waals surface area contributed by atoms with Crippen LogP contribution in [0.3, 0.4) is 0 Å². The number of rotatable bonds is 8. The van der Waals surface area contributed by atoms with Gasteiger partial charge in [0.05, 0.1) is 18.6 Å². The summed E-state index contributed by atoms with van der Waals surface area (Å²) in [6.07, 6.45) is 0. The number of hydrogen-bond acceptors (Lipinski definition) is 5. The average molecular weight is 377 g/mol. The van der Waals surface area contributed by atoms with Crippen LogP contribution in [0.5, 0.6) is 11.5 Å². The van der Waals surface area contributed by atoms with Crippen molar-refractivity contribution < 1.29 is 22.7 Å². The molecule has 0 fully saturated rings. The molecule has 6 nitrogen and oxygen atoms in total. The van der Waals surface area contributed by atoms with Crippen molar-refractivity contribution in [3.8, 4) is 11.5 Å². The zero-order valence-electron chi connectivity index (χ0n) is 15.1. The van der Waals surface area contributed by atoms with Crippen LogP contribution in [-0.4, -0.2) is 39.8 Å². The minimum atomic E-state index is -3.77.